The summed E-state index contributed by atoms with van der Waals surface area (Å²) in [5.41, 5.74) is 2.15. The van der Waals surface area contributed by atoms with E-state index in [0.717, 1.165) is 11.1 Å². The minimum Gasteiger partial charge on any atom is -0.391 e. The molecule has 1 aromatic carbocycles. The van der Waals surface area contributed by atoms with E-state index in [1.54, 1.807) is 7.11 Å². The molecule has 1 unspecified atom stereocenters. The van der Waals surface area contributed by atoms with Crippen molar-refractivity contribution in [2.24, 2.45) is 0 Å². The lowest BCUT2D eigenvalue weighted by atomic mass is 10.1. The molecular weight excluding hydrogens is 230 g/mol. The Morgan fingerprint density at radius 3 is 2.83 bits per heavy atom. The average Bonchev–Trinajstić information content (AvgIpc) is 2.32. The Balaban J connectivity index is 2.28. The number of rotatable bonds is 7. The molecule has 1 atom stereocenters. The molecule has 0 aliphatic carbocycles. The molecule has 0 spiro atoms. The van der Waals surface area contributed by atoms with Crippen molar-refractivity contribution in [3.05, 3.63) is 35.4 Å². The van der Waals surface area contributed by atoms with Gasteiger partial charge in [-0.05, 0) is 24.5 Å². The second-order valence-electron chi connectivity index (χ2n) is 4.35. The number of carbonyl (C=O) groups excluding carboxylic acids is 1. The molecule has 0 heterocycles. The molecule has 2 N–H and O–H groups in total. The molecular formula is C14H21NO3. The third-order valence-corrected chi connectivity index (χ3v) is 2.77. The number of methoxy groups -OCH3 is 1. The number of carbonyl (C=O) groups is 1. The van der Waals surface area contributed by atoms with E-state index in [2.05, 4.69) is 5.32 Å². The predicted molar refractivity (Wildman–Crippen MR) is 70.4 cm³/mol. The fourth-order valence-electron chi connectivity index (χ4n) is 1.70. The predicted octanol–water partition coefficient (Wildman–Crippen LogP) is 1.05. The highest BCUT2D eigenvalue weighted by atomic mass is 16.5. The molecule has 1 amide bonds. The Labute approximate surface area is 108 Å². The summed E-state index contributed by atoms with van der Waals surface area (Å²) in [6.07, 6.45) is 0.370. The number of hydrogen-bond donors (Lipinski definition) is 2. The summed E-state index contributed by atoms with van der Waals surface area (Å²) in [6.45, 7) is 2.76. The Morgan fingerprint density at radius 1 is 1.44 bits per heavy atom. The van der Waals surface area contributed by atoms with Gasteiger partial charge in [-0.1, -0.05) is 24.3 Å². The maximum Gasteiger partial charge on any atom is 0.224 e. The van der Waals surface area contributed by atoms with E-state index in [4.69, 9.17) is 4.74 Å². The largest absolute Gasteiger partial charge is 0.391 e. The first kappa shape index (κ1) is 14.7. The number of ether oxygens (including phenoxy) is 1. The zero-order valence-electron chi connectivity index (χ0n) is 11.0. The first-order chi connectivity index (χ1) is 8.63. The lowest BCUT2D eigenvalue weighted by molar-refractivity contribution is -0.120. The van der Waals surface area contributed by atoms with Crippen LogP contribution in [0.1, 0.15) is 17.5 Å². The minimum atomic E-state index is -0.520. The zero-order valence-corrected chi connectivity index (χ0v) is 11.0. The lowest BCUT2D eigenvalue weighted by Gasteiger charge is -2.10. The van der Waals surface area contributed by atoms with E-state index in [9.17, 15) is 9.90 Å². The SMILES string of the molecule is COCC(O)CCNC(=O)Cc1ccccc1C. The molecule has 1 rings (SSSR count). The maximum absolute atomic E-state index is 11.7. The van der Waals surface area contributed by atoms with Crippen LogP contribution in [0.25, 0.3) is 0 Å². The molecule has 1 aromatic rings. The fraction of sp³-hybridized carbons (Fsp3) is 0.500. The number of aliphatic hydroxyl groups is 1. The topological polar surface area (TPSA) is 58.6 Å². The third kappa shape index (κ3) is 5.29. The van der Waals surface area contributed by atoms with Gasteiger partial charge in [0, 0.05) is 13.7 Å². The van der Waals surface area contributed by atoms with Gasteiger partial charge >= 0.3 is 0 Å². The van der Waals surface area contributed by atoms with Crippen LogP contribution in [0.15, 0.2) is 24.3 Å². The monoisotopic (exact) mass is 251 g/mol. The van der Waals surface area contributed by atoms with Crippen LogP contribution in [0, 0.1) is 6.92 Å². The molecule has 0 saturated carbocycles. The Kier molecular flexibility index (Phi) is 6.39. The number of aliphatic hydroxyl groups excluding tert-OH is 1. The van der Waals surface area contributed by atoms with E-state index in [-0.39, 0.29) is 5.91 Å². The Hall–Kier alpha value is -1.39. The van der Waals surface area contributed by atoms with Crippen molar-refractivity contribution >= 4 is 5.91 Å². The summed E-state index contributed by atoms with van der Waals surface area (Å²) < 4.78 is 4.81. The number of benzene rings is 1. The van der Waals surface area contributed by atoms with Gasteiger partial charge in [0.05, 0.1) is 19.1 Å². The van der Waals surface area contributed by atoms with E-state index in [0.29, 0.717) is 26.0 Å². The van der Waals surface area contributed by atoms with E-state index < -0.39 is 6.10 Å². The molecule has 0 bridgehead atoms. The van der Waals surface area contributed by atoms with Gasteiger partial charge in [-0.25, -0.2) is 0 Å². The summed E-state index contributed by atoms with van der Waals surface area (Å²) in [4.78, 5) is 11.7. The van der Waals surface area contributed by atoms with Gasteiger partial charge in [-0.3, -0.25) is 4.79 Å². The number of aryl methyl sites for hydroxylation is 1. The third-order valence-electron chi connectivity index (χ3n) is 2.77. The fourth-order valence-corrected chi connectivity index (χ4v) is 1.70. The van der Waals surface area contributed by atoms with Crippen molar-refractivity contribution in [3.8, 4) is 0 Å². The number of nitrogens with one attached hydrogen (secondary N) is 1. The van der Waals surface area contributed by atoms with Crippen molar-refractivity contribution in [1.29, 1.82) is 0 Å². The van der Waals surface area contributed by atoms with Gasteiger partial charge in [0.15, 0.2) is 0 Å². The van der Waals surface area contributed by atoms with Crippen molar-refractivity contribution in [2.45, 2.75) is 25.9 Å². The summed E-state index contributed by atoms with van der Waals surface area (Å²) in [5.74, 6) is -0.0195. The molecule has 4 heteroatoms. The normalized spacial score (nSPS) is 12.2. The van der Waals surface area contributed by atoms with Gasteiger partial charge in [0.2, 0.25) is 5.91 Å². The van der Waals surface area contributed by atoms with Gasteiger partial charge in [0.25, 0.3) is 0 Å². The number of amides is 1. The summed E-state index contributed by atoms with van der Waals surface area (Å²) >= 11 is 0. The summed E-state index contributed by atoms with van der Waals surface area (Å²) in [7, 11) is 1.54. The van der Waals surface area contributed by atoms with Crippen LogP contribution in [0.2, 0.25) is 0 Å². The average molecular weight is 251 g/mol. The second-order valence-corrected chi connectivity index (χ2v) is 4.35. The van der Waals surface area contributed by atoms with Crippen molar-refractivity contribution in [2.75, 3.05) is 20.3 Å². The first-order valence-corrected chi connectivity index (χ1v) is 6.11. The minimum absolute atomic E-state index is 0.0195. The van der Waals surface area contributed by atoms with Crippen LogP contribution in [0.4, 0.5) is 0 Å². The van der Waals surface area contributed by atoms with Crippen LogP contribution in [0.3, 0.4) is 0 Å². The Bertz CT molecular complexity index is 379. The van der Waals surface area contributed by atoms with Crippen LogP contribution in [-0.2, 0) is 16.0 Å². The maximum atomic E-state index is 11.7. The first-order valence-electron chi connectivity index (χ1n) is 6.11. The van der Waals surface area contributed by atoms with Gasteiger partial charge in [-0.15, -0.1) is 0 Å². The molecule has 0 aliphatic heterocycles. The molecule has 100 valence electrons. The van der Waals surface area contributed by atoms with E-state index in [1.165, 1.54) is 0 Å². The van der Waals surface area contributed by atoms with Crippen molar-refractivity contribution in [3.63, 3.8) is 0 Å². The van der Waals surface area contributed by atoms with Crippen LogP contribution < -0.4 is 5.32 Å². The second kappa shape index (κ2) is 7.84. The Morgan fingerprint density at radius 2 is 2.17 bits per heavy atom. The summed E-state index contributed by atoms with van der Waals surface area (Å²) in [6, 6.07) is 7.83. The number of hydrogen-bond acceptors (Lipinski definition) is 3. The molecule has 0 aliphatic rings. The molecule has 0 saturated heterocycles. The van der Waals surface area contributed by atoms with E-state index in [1.807, 2.05) is 31.2 Å². The highest BCUT2D eigenvalue weighted by molar-refractivity contribution is 5.78. The van der Waals surface area contributed by atoms with Gasteiger partial charge < -0.3 is 15.2 Å². The quantitative estimate of drug-likeness (QED) is 0.761. The van der Waals surface area contributed by atoms with Crippen LogP contribution >= 0.6 is 0 Å². The highest BCUT2D eigenvalue weighted by Crippen LogP contribution is 2.07. The summed E-state index contributed by atoms with van der Waals surface area (Å²) in [5, 5.41) is 12.2. The lowest BCUT2D eigenvalue weighted by Crippen LogP contribution is -2.29. The van der Waals surface area contributed by atoms with Crippen LogP contribution in [-0.4, -0.2) is 37.4 Å². The van der Waals surface area contributed by atoms with Gasteiger partial charge in [0.1, 0.15) is 0 Å². The zero-order chi connectivity index (χ0) is 13.4. The van der Waals surface area contributed by atoms with Crippen molar-refractivity contribution < 1.29 is 14.6 Å². The standard InChI is InChI=1S/C14H21NO3/c1-11-5-3-4-6-12(11)9-14(17)15-8-7-13(16)10-18-2/h3-6,13,16H,7-10H2,1-2H3,(H,15,17). The molecule has 0 fully saturated rings. The highest BCUT2D eigenvalue weighted by Gasteiger charge is 2.07. The van der Waals surface area contributed by atoms with Gasteiger partial charge in [-0.2, -0.15) is 0 Å². The van der Waals surface area contributed by atoms with Crippen molar-refractivity contribution in [1.82, 2.24) is 5.32 Å². The molecule has 4 nitrogen and oxygen atoms in total. The van der Waals surface area contributed by atoms with Crippen LogP contribution in [0.5, 0.6) is 0 Å². The smallest absolute Gasteiger partial charge is 0.224 e. The molecule has 0 aromatic heterocycles. The molecule has 0 radical (unpaired) electrons. The van der Waals surface area contributed by atoms with E-state index >= 15 is 0 Å². The molecule has 18 heavy (non-hydrogen) atoms.